The number of rotatable bonds is 4. The zero-order chi connectivity index (χ0) is 11.6. The first kappa shape index (κ1) is 11.7. The van der Waals surface area contributed by atoms with Gasteiger partial charge in [0.05, 0.1) is 0 Å². The second-order valence-corrected chi connectivity index (χ2v) is 5.39. The minimum atomic E-state index is -3.68. The van der Waals surface area contributed by atoms with E-state index in [-0.39, 0.29) is 11.1 Å². The molecule has 1 heterocycles. The van der Waals surface area contributed by atoms with E-state index in [0.29, 0.717) is 0 Å². The Morgan fingerprint density at radius 3 is 2.60 bits per heavy atom. The maximum absolute atomic E-state index is 11.5. The molecule has 7 heteroatoms. The first-order valence-electron chi connectivity index (χ1n) is 4.39. The van der Waals surface area contributed by atoms with Crippen LogP contribution in [0, 0.1) is 0 Å². The average Bonchev–Trinajstić information content (AvgIpc) is 2.48. The van der Waals surface area contributed by atoms with E-state index in [0.717, 1.165) is 0 Å². The van der Waals surface area contributed by atoms with Gasteiger partial charge in [-0.3, -0.25) is 9.48 Å². The van der Waals surface area contributed by atoms with Gasteiger partial charge in [0, 0.05) is 12.2 Å². The van der Waals surface area contributed by atoms with Crippen LogP contribution in [0.3, 0.4) is 0 Å². The molecule has 1 aromatic heterocycles. The van der Waals surface area contributed by atoms with Crippen LogP contribution in [0.4, 0.5) is 0 Å². The largest absolute Gasteiger partial charge is 0.369 e. The molecule has 0 unspecified atom stereocenters. The first-order valence-corrected chi connectivity index (χ1v) is 6.04. The molecule has 1 amide bonds. The topological polar surface area (TPSA) is 95.0 Å². The molecular weight excluding hydrogens is 218 g/mol. The normalized spacial score (nSPS) is 11.9. The molecule has 0 bridgehead atoms. The van der Waals surface area contributed by atoms with Crippen LogP contribution in [0.1, 0.15) is 19.9 Å². The van der Waals surface area contributed by atoms with E-state index in [1.165, 1.54) is 10.7 Å². The van der Waals surface area contributed by atoms with Crippen molar-refractivity contribution in [2.75, 3.05) is 5.75 Å². The van der Waals surface area contributed by atoms with Gasteiger partial charge in [-0.15, -0.1) is 0 Å². The standard InChI is InChI=1S/C8H13N3O3S/c1-6(2)11-4-3-8(10-11)15(13,14)5-7(9)12/h3-4,6H,5H2,1-2H3,(H2,9,12). The lowest BCUT2D eigenvalue weighted by atomic mass is 10.4. The molecule has 0 radical (unpaired) electrons. The molecule has 84 valence electrons. The molecule has 0 atom stereocenters. The Morgan fingerprint density at radius 1 is 1.60 bits per heavy atom. The van der Waals surface area contributed by atoms with E-state index in [2.05, 4.69) is 5.10 Å². The molecule has 0 aliphatic rings. The number of hydrogen-bond donors (Lipinski definition) is 1. The van der Waals surface area contributed by atoms with Crippen LogP contribution >= 0.6 is 0 Å². The Kier molecular flexibility index (Phi) is 3.13. The molecule has 0 aliphatic carbocycles. The second-order valence-electron chi connectivity index (χ2n) is 3.45. The summed E-state index contributed by atoms with van der Waals surface area (Å²) >= 11 is 0. The zero-order valence-corrected chi connectivity index (χ0v) is 9.36. The SMILES string of the molecule is CC(C)n1ccc(S(=O)(=O)CC(N)=O)n1. The third-order valence-corrected chi connectivity index (χ3v) is 3.28. The van der Waals surface area contributed by atoms with Crippen LogP contribution in [-0.2, 0) is 14.6 Å². The zero-order valence-electron chi connectivity index (χ0n) is 8.54. The summed E-state index contributed by atoms with van der Waals surface area (Å²) in [7, 11) is -3.68. The first-order chi connectivity index (χ1) is 6.83. The fraction of sp³-hybridized carbons (Fsp3) is 0.500. The molecule has 1 aromatic rings. The van der Waals surface area contributed by atoms with Gasteiger partial charge in [0.2, 0.25) is 15.7 Å². The number of nitrogens with two attached hydrogens (primary N) is 1. The Bertz CT molecular complexity index is 461. The van der Waals surface area contributed by atoms with Gasteiger partial charge in [0.1, 0.15) is 5.75 Å². The van der Waals surface area contributed by atoms with Crippen LogP contribution in [0.15, 0.2) is 17.3 Å². The fourth-order valence-corrected chi connectivity index (χ4v) is 2.04. The summed E-state index contributed by atoms with van der Waals surface area (Å²) in [5.41, 5.74) is 4.83. The summed E-state index contributed by atoms with van der Waals surface area (Å²) in [5, 5.41) is 3.74. The third-order valence-electron chi connectivity index (χ3n) is 1.76. The predicted octanol–water partition coefficient (Wildman–Crippen LogP) is -0.277. The Morgan fingerprint density at radius 2 is 2.20 bits per heavy atom. The summed E-state index contributed by atoms with van der Waals surface area (Å²) in [4.78, 5) is 10.5. The minimum absolute atomic E-state index is 0.0718. The van der Waals surface area contributed by atoms with E-state index in [1.54, 1.807) is 6.20 Å². The van der Waals surface area contributed by atoms with E-state index in [4.69, 9.17) is 5.73 Å². The van der Waals surface area contributed by atoms with Crippen LogP contribution in [0.2, 0.25) is 0 Å². The lowest BCUT2D eigenvalue weighted by molar-refractivity contribution is -0.115. The van der Waals surface area contributed by atoms with E-state index in [9.17, 15) is 13.2 Å². The summed E-state index contributed by atoms with van der Waals surface area (Å²) < 4.78 is 24.5. The van der Waals surface area contributed by atoms with Crippen molar-refractivity contribution in [2.24, 2.45) is 5.73 Å². The summed E-state index contributed by atoms with van der Waals surface area (Å²) in [6.45, 7) is 3.75. The van der Waals surface area contributed by atoms with Crippen molar-refractivity contribution in [1.82, 2.24) is 9.78 Å². The van der Waals surface area contributed by atoms with Gasteiger partial charge >= 0.3 is 0 Å². The molecule has 0 saturated carbocycles. The highest BCUT2D eigenvalue weighted by Gasteiger charge is 2.20. The molecule has 0 aliphatic heterocycles. The van der Waals surface area contributed by atoms with E-state index >= 15 is 0 Å². The minimum Gasteiger partial charge on any atom is -0.369 e. The summed E-state index contributed by atoms with van der Waals surface area (Å²) in [6, 6.07) is 1.43. The third kappa shape index (κ3) is 2.79. The van der Waals surface area contributed by atoms with Crippen molar-refractivity contribution in [3.05, 3.63) is 12.3 Å². The lowest BCUT2D eigenvalue weighted by Crippen LogP contribution is -2.23. The van der Waals surface area contributed by atoms with E-state index in [1.807, 2.05) is 13.8 Å². The second kappa shape index (κ2) is 4.01. The number of carbonyl (C=O) groups is 1. The van der Waals surface area contributed by atoms with Crippen LogP contribution in [0.25, 0.3) is 0 Å². The van der Waals surface area contributed by atoms with Crippen molar-refractivity contribution in [2.45, 2.75) is 24.9 Å². The molecule has 2 N–H and O–H groups in total. The highest BCUT2D eigenvalue weighted by atomic mass is 32.2. The van der Waals surface area contributed by atoms with Gasteiger partial charge in [-0.2, -0.15) is 5.10 Å². The number of amides is 1. The van der Waals surface area contributed by atoms with Crippen molar-refractivity contribution in [3.63, 3.8) is 0 Å². The predicted molar refractivity (Wildman–Crippen MR) is 53.9 cm³/mol. The smallest absolute Gasteiger partial charge is 0.233 e. The molecular formula is C8H13N3O3S. The average molecular weight is 231 g/mol. The van der Waals surface area contributed by atoms with Crippen LogP contribution in [-0.4, -0.2) is 29.9 Å². The lowest BCUT2D eigenvalue weighted by Gasteiger charge is -2.03. The van der Waals surface area contributed by atoms with Crippen molar-refractivity contribution in [1.29, 1.82) is 0 Å². The monoisotopic (exact) mass is 231 g/mol. The Balaban J connectivity index is 3.01. The Hall–Kier alpha value is -1.37. The van der Waals surface area contributed by atoms with Crippen LogP contribution in [0.5, 0.6) is 0 Å². The van der Waals surface area contributed by atoms with Gasteiger partial charge in [-0.05, 0) is 19.9 Å². The fourth-order valence-electron chi connectivity index (χ4n) is 1.04. The number of primary amides is 1. The molecule has 1 rings (SSSR count). The van der Waals surface area contributed by atoms with Crippen LogP contribution < -0.4 is 5.73 Å². The molecule has 0 spiro atoms. The quantitative estimate of drug-likeness (QED) is 0.771. The summed E-state index contributed by atoms with van der Waals surface area (Å²) in [5.74, 6) is -1.59. The number of nitrogens with zero attached hydrogens (tertiary/aromatic N) is 2. The van der Waals surface area contributed by atoms with E-state index < -0.39 is 21.5 Å². The Labute approximate surface area is 88.0 Å². The molecule has 6 nitrogen and oxygen atoms in total. The summed E-state index contributed by atoms with van der Waals surface area (Å²) in [6.07, 6.45) is 1.55. The highest BCUT2D eigenvalue weighted by Crippen LogP contribution is 2.10. The van der Waals surface area contributed by atoms with Gasteiger partial charge in [-0.25, -0.2) is 8.42 Å². The number of hydrogen-bond acceptors (Lipinski definition) is 4. The van der Waals surface area contributed by atoms with Crippen molar-refractivity contribution in [3.8, 4) is 0 Å². The van der Waals surface area contributed by atoms with Crippen molar-refractivity contribution < 1.29 is 13.2 Å². The highest BCUT2D eigenvalue weighted by molar-refractivity contribution is 7.92. The maximum atomic E-state index is 11.5. The molecule has 15 heavy (non-hydrogen) atoms. The number of sulfone groups is 1. The molecule has 0 saturated heterocycles. The van der Waals surface area contributed by atoms with Gasteiger partial charge in [0.25, 0.3) is 0 Å². The van der Waals surface area contributed by atoms with Gasteiger partial charge in [-0.1, -0.05) is 0 Å². The molecule has 0 aromatic carbocycles. The van der Waals surface area contributed by atoms with Gasteiger partial charge in [0.15, 0.2) is 5.03 Å². The van der Waals surface area contributed by atoms with Gasteiger partial charge < -0.3 is 5.73 Å². The molecule has 0 fully saturated rings. The number of carbonyl (C=O) groups excluding carboxylic acids is 1. The number of aromatic nitrogens is 2. The van der Waals surface area contributed by atoms with Crippen molar-refractivity contribution >= 4 is 15.7 Å². The maximum Gasteiger partial charge on any atom is 0.233 e.